The third-order valence-electron chi connectivity index (χ3n) is 6.13. The van der Waals surface area contributed by atoms with Gasteiger partial charge in [-0.25, -0.2) is 4.99 Å². The number of hydrogen-bond acceptors (Lipinski definition) is 5. The van der Waals surface area contributed by atoms with Gasteiger partial charge in [0.2, 0.25) is 0 Å². The summed E-state index contributed by atoms with van der Waals surface area (Å²) in [7, 11) is 1.46. The second kappa shape index (κ2) is 8.23. The minimum atomic E-state index is -0.500. The molecule has 4 rings (SSSR count). The Balaban J connectivity index is 1.57. The fourth-order valence-electron chi connectivity index (χ4n) is 4.50. The topological polar surface area (TPSA) is 45.1 Å². The van der Waals surface area contributed by atoms with Gasteiger partial charge in [-0.05, 0) is 38.0 Å². The van der Waals surface area contributed by atoms with Crippen LogP contribution in [-0.2, 0) is 16.0 Å². The number of piperazine rings is 1. The molecule has 2 heterocycles. The van der Waals surface area contributed by atoms with Gasteiger partial charge in [-0.15, -0.1) is 0 Å². The second-order valence-corrected chi connectivity index (χ2v) is 9.04. The Morgan fingerprint density at radius 2 is 1.80 bits per heavy atom. The van der Waals surface area contributed by atoms with Crippen molar-refractivity contribution in [1.29, 1.82) is 0 Å². The third kappa shape index (κ3) is 4.12. The molecular weight excluding hydrogens is 374 g/mol. The quantitative estimate of drug-likeness (QED) is 0.729. The first kappa shape index (κ1) is 20.6. The van der Waals surface area contributed by atoms with Gasteiger partial charge in [0.15, 0.2) is 0 Å². The number of methoxy groups -OCH3 is 1. The summed E-state index contributed by atoms with van der Waals surface area (Å²) < 4.78 is 4.97. The van der Waals surface area contributed by atoms with Crippen molar-refractivity contribution >= 4 is 17.5 Å². The Morgan fingerprint density at radius 3 is 2.53 bits per heavy atom. The standard InChI is InChI=1S/C25H31N3O2/c1-18-9-10-22-20(15-18)16-19-7-5-6-8-21(19)23(26-22)28-13-11-27(12-14-28)17-25(2,3)24(29)30-4/h5-10,15H,11-14,16-17H2,1-4H3. The maximum Gasteiger partial charge on any atom is 0.312 e. The van der Waals surface area contributed by atoms with Gasteiger partial charge < -0.3 is 9.64 Å². The van der Waals surface area contributed by atoms with Crippen molar-refractivity contribution in [3.63, 3.8) is 0 Å². The van der Waals surface area contributed by atoms with Gasteiger partial charge in [0, 0.05) is 44.7 Å². The molecule has 1 saturated heterocycles. The van der Waals surface area contributed by atoms with Gasteiger partial charge in [-0.3, -0.25) is 9.69 Å². The Hall–Kier alpha value is -2.66. The number of ether oxygens (including phenoxy) is 1. The summed E-state index contributed by atoms with van der Waals surface area (Å²) in [5, 5.41) is 0. The summed E-state index contributed by atoms with van der Waals surface area (Å²) in [4.78, 5) is 21.9. The van der Waals surface area contributed by atoms with Gasteiger partial charge in [0.05, 0.1) is 18.2 Å². The van der Waals surface area contributed by atoms with Crippen molar-refractivity contribution < 1.29 is 9.53 Å². The lowest BCUT2D eigenvalue weighted by Crippen LogP contribution is -2.52. The number of benzene rings is 2. The van der Waals surface area contributed by atoms with Crippen LogP contribution < -0.4 is 0 Å². The average molecular weight is 406 g/mol. The van der Waals surface area contributed by atoms with Gasteiger partial charge in [0.25, 0.3) is 0 Å². The lowest BCUT2D eigenvalue weighted by Gasteiger charge is -2.39. The summed E-state index contributed by atoms with van der Waals surface area (Å²) in [6.07, 6.45) is 0.910. The summed E-state index contributed by atoms with van der Waals surface area (Å²) in [6.45, 7) is 10.4. The van der Waals surface area contributed by atoms with Gasteiger partial charge in [-0.2, -0.15) is 0 Å². The van der Waals surface area contributed by atoms with Crippen molar-refractivity contribution in [3.05, 3.63) is 64.7 Å². The molecule has 30 heavy (non-hydrogen) atoms. The number of rotatable bonds is 3. The van der Waals surface area contributed by atoms with Crippen LogP contribution in [-0.4, -0.2) is 61.4 Å². The van der Waals surface area contributed by atoms with E-state index in [1.807, 2.05) is 13.8 Å². The van der Waals surface area contributed by atoms with Crippen molar-refractivity contribution in [3.8, 4) is 0 Å². The van der Waals surface area contributed by atoms with E-state index in [1.54, 1.807) is 0 Å². The van der Waals surface area contributed by atoms with Gasteiger partial charge >= 0.3 is 5.97 Å². The number of amidine groups is 1. The molecule has 0 N–H and O–H groups in total. The highest BCUT2D eigenvalue weighted by Gasteiger charge is 2.33. The molecule has 2 aromatic rings. The monoisotopic (exact) mass is 405 g/mol. The molecule has 0 radical (unpaired) electrons. The molecule has 2 aliphatic heterocycles. The summed E-state index contributed by atoms with van der Waals surface area (Å²) in [5.74, 6) is 0.916. The Kier molecular flexibility index (Phi) is 5.65. The van der Waals surface area contributed by atoms with Crippen LogP contribution in [0.4, 0.5) is 5.69 Å². The van der Waals surface area contributed by atoms with Crippen LogP contribution in [0.2, 0.25) is 0 Å². The van der Waals surface area contributed by atoms with Crippen LogP contribution in [0.5, 0.6) is 0 Å². The summed E-state index contributed by atoms with van der Waals surface area (Å²) >= 11 is 0. The van der Waals surface area contributed by atoms with E-state index in [0.717, 1.165) is 44.1 Å². The molecule has 1 fully saturated rings. The number of fused-ring (bicyclic) bond motifs is 2. The molecule has 0 spiro atoms. The number of carbonyl (C=O) groups excluding carboxylic acids is 1. The van der Waals surface area contributed by atoms with E-state index in [-0.39, 0.29) is 5.97 Å². The van der Waals surface area contributed by atoms with Crippen molar-refractivity contribution in [2.24, 2.45) is 10.4 Å². The molecule has 5 nitrogen and oxygen atoms in total. The Bertz CT molecular complexity index is 972. The van der Waals surface area contributed by atoms with E-state index in [1.165, 1.54) is 29.4 Å². The zero-order valence-electron chi connectivity index (χ0n) is 18.4. The highest BCUT2D eigenvalue weighted by Crippen LogP contribution is 2.31. The fraction of sp³-hybridized carbons (Fsp3) is 0.440. The molecule has 0 bridgehead atoms. The number of esters is 1. The van der Waals surface area contributed by atoms with Crippen LogP contribution in [0.1, 0.15) is 36.1 Å². The lowest BCUT2D eigenvalue weighted by atomic mass is 9.92. The van der Waals surface area contributed by atoms with Crippen LogP contribution in [0.25, 0.3) is 0 Å². The number of carbonyl (C=O) groups is 1. The van der Waals surface area contributed by atoms with Crippen molar-refractivity contribution in [2.75, 3.05) is 39.8 Å². The first-order valence-electron chi connectivity index (χ1n) is 10.7. The lowest BCUT2D eigenvalue weighted by molar-refractivity contribution is -0.152. The summed E-state index contributed by atoms with van der Waals surface area (Å²) in [6, 6.07) is 15.2. The molecule has 0 aromatic heterocycles. The molecule has 0 saturated carbocycles. The van der Waals surface area contributed by atoms with Crippen LogP contribution >= 0.6 is 0 Å². The first-order valence-corrected chi connectivity index (χ1v) is 10.7. The third-order valence-corrected chi connectivity index (χ3v) is 6.13. The molecular formula is C25H31N3O2. The average Bonchev–Trinajstić information content (AvgIpc) is 2.89. The second-order valence-electron chi connectivity index (χ2n) is 9.04. The van der Waals surface area contributed by atoms with E-state index in [4.69, 9.17) is 9.73 Å². The molecule has 0 atom stereocenters. The van der Waals surface area contributed by atoms with Gasteiger partial charge in [0.1, 0.15) is 5.84 Å². The zero-order chi connectivity index (χ0) is 21.3. The van der Waals surface area contributed by atoms with E-state index < -0.39 is 5.41 Å². The van der Waals surface area contributed by atoms with Crippen LogP contribution in [0.15, 0.2) is 47.5 Å². The Morgan fingerprint density at radius 1 is 1.07 bits per heavy atom. The highest BCUT2D eigenvalue weighted by molar-refractivity contribution is 6.02. The zero-order valence-corrected chi connectivity index (χ0v) is 18.4. The molecule has 5 heteroatoms. The maximum atomic E-state index is 12.1. The molecule has 158 valence electrons. The van der Waals surface area contributed by atoms with Gasteiger partial charge in [-0.1, -0.05) is 42.0 Å². The predicted octanol–water partition coefficient (Wildman–Crippen LogP) is 3.79. The normalized spacial score (nSPS) is 16.9. The van der Waals surface area contributed by atoms with E-state index in [2.05, 4.69) is 59.2 Å². The first-order chi connectivity index (χ1) is 14.4. The number of hydrogen-bond donors (Lipinski definition) is 0. The van der Waals surface area contributed by atoms with Crippen LogP contribution in [0.3, 0.4) is 0 Å². The SMILES string of the molecule is COC(=O)C(C)(C)CN1CCN(C2=Nc3ccc(C)cc3Cc3ccccc32)CC1. The summed E-state index contributed by atoms with van der Waals surface area (Å²) in [5.41, 5.74) is 5.69. The molecule has 2 aromatic carbocycles. The fourth-order valence-corrected chi connectivity index (χ4v) is 4.50. The van der Waals surface area contributed by atoms with Crippen LogP contribution in [0, 0.1) is 12.3 Å². The van der Waals surface area contributed by atoms with Crippen molar-refractivity contribution in [2.45, 2.75) is 27.2 Å². The number of aliphatic imine (C=N–C) groups is 1. The smallest absolute Gasteiger partial charge is 0.312 e. The molecule has 2 aliphatic rings. The maximum absolute atomic E-state index is 12.1. The van der Waals surface area contributed by atoms with E-state index >= 15 is 0 Å². The Labute approximate surface area is 179 Å². The largest absolute Gasteiger partial charge is 0.469 e. The van der Waals surface area contributed by atoms with E-state index in [9.17, 15) is 4.79 Å². The number of nitrogens with zero attached hydrogens (tertiary/aromatic N) is 3. The molecule has 0 amide bonds. The minimum Gasteiger partial charge on any atom is -0.469 e. The van der Waals surface area contributed by atoms with Crippen molar-refractivity contribution in [1.82, 2.24) is 9.80 Å². The highest BCUT2D eigenvalue weighted by atomic mass is 16.5. The molecule has 0 unspecified atom stereocenters. The van der Waals surface area contributed by atoms with E-state index in [0.29, 0.717) is 6.54 Å². The number of aryl methyl sites for hydroxylation is 1. The minimum absolute atomic E-state index is 0.154. The predicted molar refractivity (Wildman–Crippen MR) is 120 cm³/mol. The molecule has 0 aliphatic carbocycles.